The number of halogens is 1. The molecule has 0 unspecified atom stereocenters. The zero-order chi connectivity index (χ0) is 18.4. The number of rotatable bonds is 6. The van der Waals surface area contributed by atoms with Crippen molar-refractivity contribution >= 4 is 23.7 Å². The minimum atomic E-state index is -0.257. The van der Waals surface area contributed by atoms with Gasteiger partial charge in [-0.3, -0.25) is 4.79 Å². The number of nitrogens with zero attached hydrogens (tertiary/aromatic N) is 1. The lowest BCUT2D eigenvalue weighted by Crippen LogP contribution is -2.17. The van der Waals surface area contributed by atoms with Crippen molar-refractivity contribution in [3.63, 3.8) is 0 Å². The molecule has 26 heavy (non-hydrogen) atoms. The molecule has 1 aromatic heterocycles. The summed E-state index contributed by atoms with van der Waals surface area (Å²) >= 11 is 6.07. The summed E-state index contributed by atoms with van der Waals surface area (Å²) in [5.74, 6) is 0.553. The Morgan fingerprint density at radius 1 is 1.15 bits per heavy atom. The van der Waals surface area contributed by atoms with Crippen molar-refractivity contribution in [3.05, 3.63) is 77.0 Å². The summed E-state index contributed by atoms with van der Waals surface area (Å²) in [6.45, 7) is 0. The van der Waals surface area contributed by atoms with Gasteiger partial charge in [0.05, 0.1) is 11.8 Å². The first-order valence-electron chi connectivity index (χ1n) is 8.07. The quantitative estimate of drug-likeness (QED) is 0.500. The van der Waals surface area contributed by atoms with Crippen molar-refractivity contribution in [3.8, 4) is 17.1 Å². The van der Waals surface area contributed by atoms with Gasteiger partial charge < -0.3 is 9.52 Å². The number of carbonyl (C=O) groups excluding carboxylic acids is 1. The Morgan fingerprint density at radius 3 is 2.65 bits per heavy atom. The highest BCUT2D eigenvalue weighted by molar-refractivity contribution is 6.31. The van der Waals surface area contributed by atoms with E-state index in [1.54, 1.807) is 24.3 Å². The molecule has 2 N–H and O–H groups in total. The zero-order valence-electron chi connectivity index (χ0n) is 13.9. The number of hydrogen-bond donors (Lipinski definition) is 2. The lowest BCUT2D eigenvalue weighted by atomic mass is 10.1. The third-order valence-electron chi connectivity index (χ3n) is 3.78. The summed E-state index contributed by atoms with van der Waals surface area (Å²) in [7, 11) is 0. The minimum Gasteiger partial charge on any atom is -0.508 e. The van der Waals surface area contributed by atoms with E-state index >= 15 is 0 Å². The highest BCUT2D eigenvalue weighted by atomic mass is 35.5. The van der Waals surface area contributed by atoms with Crippen LogP contribution in [0.3, 0.4) is 0 Å². The monoisotopic (exact) mass is 368 g/mol. The zero-order valence-corrected chi connectivity index (χ0v) is 14.6. The first kappa shape index (κ1) is 17.8. The van der Waals surface area contributed by atoms with Crippen molar-refractivity contribution in [1.29, 1.82) is 0 Å². The molecule has 0 saturated carbocycles. The third-order valence-corrected chi connectivity index (χ3v) is 4.07. The second-order valence-electron chi connectivity index (χ2n) is 5.63. The molecule has 1 heterocycles. The number of amides is 1. The topological polar surface area (TPSA) is 74.8 Å². The Bertz CT molecular complexity index is 920. The molecule has 6 heteroatoms. The third kappa shape index (κ3) is 4.52. The van der Waals surface area contributed by atoms with Crippen LogP contribution >= 0.6 is 11.6 Å². The van der Waals surface area contributed by atoms with Gasteiger partial charge in [0.15, 0.2) is 0 Å². The number of aryl methyl sites for hydroxylation is 1. The van der Waals surface area contributed by atoms with Crippen molar-refractivity contribution in [1.82, 2.24) is 5.43 Å². The van der Waals surface area contributed by atoms with Crippen LogP contribution in [0.4, 0.5) is 0 Å². The molecule has 132 valence electrons. The predicted molar refractivity (Wildman–Crippen MR) is 101 cm³/mol. The van der Waals surface area contributed by atoms with Gasteiger partial charge in [0.1, 0.15) is 11.5 Å². The van der Waals surface area contributed by atoms with Crippen molar-refractivity contribution in [2.45, 2.75) is 12.8 Å². The molecule has 0 aliphatic carbocycles. The average Bonchev–Trinajstić information content (AvgIpc) is 3.03. The number of aromatic hydroxyl groups is 1. The van der Waals surface area contributed by atoms with Crippen LogP contribution in [0.5, 0.6) is 5.75 Å². The van der Waals surface area contributed by atoms with Crippen LogP contribution in [0.2, 0.25) is 5.22 Å². The molecule has 0 saturated heterocycles. The second-order valence-corrected chi connectivity index (χ2v) is 5.97. The van der Waals surface area contributed by atoms with Gasteiger partial charge in [-0.2, -0.15) is 5.10 Å². The minimum absolute atomic E-state index is 0.183. The smallest absolute Gasteiger partial charge is 0.240 e. The maximum absolute atomic E-state index is 11.9. The largest absolute Gasteiger partial charge is 0.508 e. The van der Waals surface area contributed by atoms with E-state index in [0.717, 1.165) is 11.1 Å². The molecule has 0 spiro atoms. The van der Waals surface area contributed by atoms with E-state index in [9.17, 15) is 9.90 Å². The Morgan fingerprint density at radius 2 is 1.88 bits per heavy atom. The summed E-state index contributed by atoms with van der Waals surface area (Å²) in [5.41, 5.74) is 4.64. The lowest BCUT2D eigenvalue weighted by molar-refractivity contribution is -0.121. The van der Waals surface area contributed by atoms with Crippen LogP contribution in [0.15, 0.2) is 70.2 Å². The highest BCUT2D eigenvalue weighted by Crippen LogP contribution is 2.27. The first-order chi connectivity index (χ1) is 12.6. The number of benzene rings is 2. The van der Waals surface area contributed by atoms with Gasteiger partial charge in [-0.15, -0.1) is 0 Å². The van der Waals surface area contributed by atoms with Gasteiger partial charge in [0.25, 0.3) is 0 Å². The molecule has 5 nitrogen and oxygen atoms in total. The van der Waals surface area contributed by atoms with E-state index in [1.165, 1.54) is 6.21 Å². The number of carbonyl (C=O) groups is 1. The standard InChI is InChI=1S/C20H17ClN2O3/c21-20-16(12-18(26-20)15-7-2-1-3-8-15)13-22-23-19(25)11-10-14-6-4-5-9-17(14)24/h1-9,12-13,24H,10-11H2,(H,23,25). The van der Waals surface area contributed by atoms with E-state index < -0.39 is 0 Å². The number of nitrogens with one attached hydrogen (secondary N) is 1. The van der Waals surface area contributed by atoms with Gasteiger partial charge in [-0.1, -0.05) is 48.5 Å². The molecule has 3 rings (SSSR count). The average molecular weight is 369 g/mol. The Balaban J connectivity index is 1.56. The fourth-order valence-corrected chi connectivity index (χ4v) is 2.60. The van der Waals surface area contributed by atoms with Crippen molar-refractivity contribution in [2.24, 2.45) is 5.10 Å². The summed E-state index contributed by atoms with van der Waals surface area (Å²) in [4.78, 5) is 11.9. The van der Waals surface area contributed by atoms with Crippen molar-refractivity contribution < 1.29 is 14.3 Å². The number of phenols is 1. The van der Waals surface area contributed by atoms with Gasteiger partial charge in [-0.25, -0.2) is 5.43 Å². The number of hydrogen-bond acceptors (Lipinski definition) is 4. The second kappa shape index (κ2) is 8.36. The van der Waals surface area contributed by atoms with Crippen LogP contribution in [0.1, 0.15) is 17.5 Å². The van der Waals surface area contributed by atoms with Crippen LogP contribution in [0, 0.1) is 0 Å². The van der Waals surface area contributed by atoms with E-state index in [1.807, 2.05) is 36.4 Å². The van der Waals surface area contributed by atoms with E-state index in [2.05, 4.69) is 10.5 Å². The molecule has 3 aromatic rings. The molecule has 0 aliphatic heterocycles. The first-order valence-corrected chi connectivity index (χ1v) is 8.45. The molecule has 1 amide bonds. The van der Waals surface area contributed by atoms with Gasteiger partial charge >= 0.3 is 0 Å². The lowest BCUT2D eigenvalue weighted by Gasteiger charge is -2.03. The molecule has 0 fully saturated rings. The van der Waals surface area contributed by atoms with Gasteiger partial charge in [0, 0.05) is 12.0 Å². The van der Waals surface area contributed by atoms with Gasteiger partial charge in [0.2, 0.25) is 11.1 Å². The number of para-hydroxylation sites is 1. The molecular formula is C20H17ClN2O3. The summed E-state index contributed by atoms with van der Waals surface area (Å²) in [5, 5.41) is 13.8. The Labute approximate surface area is 155 Å². The molecule has 0 radical (unpaired) electrons. The normalized spacial score (nSPS) is 11.0. The van der Waals surface area contributed by atoms with E-state index in [-0.39, 0.29) is 23.3 Å². The molecule has 2 aromatic carbocycles. The van der Waals surface area contributed by atoms with E-state index in [4.69, 9.17) is 16.0 Å². The Kier molecular flexibility index (Phi) is 5.71. The fraction of sp³-hybridized carbons (Fsp3) is 0.100. The van der Waals surface area contributed by atoms with Gasteiger partial charge in [-0.05, 0) is 35.7 Å². The van der Waals surface area contributed by atoms with Crippen molar-refractivity contribution in [2.75, 3.05) is 0 Å². The molecular weight excluding hydrogens is 352 g/mol. The molecule has 0 atom stereocenters. The number of hydrazone groups is 1. The summed E-state index contributed by atoms with van der Waals surface area (Å²) < 4.78 is 5.51. The summed E-state index contributed by atoms with van der Waals surface area (Å²) in [6.07, 6.45) is 2.08. The van der Waals surface area contributed by atoms with Crippen LogP contribution in [0.25, 0.3) is 11.3 Å². The molecule has 0 aliphatic rings. The van der Waals surface area contributed by atoms with Crippen LogP contribution < -0.4 is 5.43 Å². The number of phenolic OH excluding ortho intramolecular Hbond substituents is 1. The maximum atomic E-state index is 11.9. The van der Waals surface area contributed by atoms with Crippen LogP contribution in [-0.2, 0) is 11.2 Å². The van der Waals surface area contributed by atoms with Crippen LogP contribution in [-0.4, -0.2) is 17.2 Å². The summed E-state index contributed by atoms with van der Waals surface area (Å²) in [6, 6.07) is 18.2. The maximum Gasteiger partial charge on any atom is 0.240 e. The predicted octanol–water partition coefficient (Wildman–Crippen LogP) is 4.39. The molecule has 0 bridgehead atoms. The fourth-order valence-electron chi connectivity index (χ4n) is 2.42. The number of furan rings is 1. The Hall–Kier alpha value is -3.05. The highest BCUT2D eigenvalue weighted by Gasteiger charge is 2.09. The SMILES string of the molecule is O=C(CCc1ccccc1O)NN=Cc1cc(-c2ccccc2)oc1Cl. The van der Waals surface area contributed by atoms with E-state index in [0.29, 0.717) is 17.7 Å².